The van der Waals surface area contributed by atoms with Gasteiger partial charge in [-0.3, -0.25) is 14.2 Å². The molecule has 200 valence electrons. The summed E-state index contributed by atoms with van der Waals surface area (Å²) in [6.45, 7) is 1.60. The van der Waals surface area contributed by atoms with Crippen molar-refractivity contribution in [3.05, 3.63) is 111 Å². The molecule has 0 fully saturated rings. The Morgan fingerprint density at radius 3 is 2.46 bits per heavy atom. The maximum atomic E-state index is 14.9. The molecule has 2 heterocycles. The number of benzene rings is 3. The van der Waals surface area contributed by atoms with E-state index in [4.69, 9.17) is 0 Å². The smallest absolute Gasteiger partial charge is 0.416 e. The van der Waals surface area contributed by atoms with E-state index in [2.05, 4.69) is 0 Å². The van der Waals surface area contributed by atoms with Crippen LogP contribution in [0.5, 0.6) is 5.75 Å². The Morgan fingerprint density at radius 1 is 1.05 bits per heavy atom. The molecule has 3 aromatic carbocycles. The van der Waals surface area contributed by atoms with Gasteiger partial charge in [0.05, 0.1) is 16.2 Å². The summed E-state index contributed by atoms with van der Waals surface area (Å²) in [5.74, 6) is -0.912. The summed E-state index contributed by atoms with van der Waals surface area (Å²) in [5.41, 5.74) is -0.958. The van der Waals surface area contributed by atoms with Crippen LogP contribution in [0.25, 0.3) is 11.1 Å². The third-order valence-corrected chi connectivity index (χ3v) is 8.75. The molecular formula is C29H21F4NO3S2. The zero-order valence-corrected chi connectivity index (χ0v) is 22.1. The van der Waals surface area contributed by atoms with Crippen LogP contribution in [0.2, 0.25) is 0 Å². The molecule has 10 heteroatoms. The number of hydrogen-bond donors (Lipinski definition) is 1. The van der Waals surface area contributed by atoms with Crippen molar-refractivity contribution < 1.29 is 27.5 Å². The summed E-state index contributed by atoms with van der Waals surface area (Å²) in [4.78, 5) is 28.0. The Kier molecular flexibility index (Phi) is 7.35. The third kappa shape index (κ3) is 5.23. The molecule has 0 aliphatic carbocycles. The Hall–Kier alpha value is -3.50. The summed E-state index contributed by atoms with van der Waals surface area (Å²) < 4.78 is 57.7. The van der Waals surface area contributed by atoms with E-state index in [1.54, 1.807) is 43.3 Å². The lowest BCUT2D eigenvalue weighted by Gasteiger charge is -2.21. The van der Waals surface area contributed by atoms with Crippen molar-refractivity contribution >= 4 is 28.6 Å². The molecule has 0 radical (unpaired) electrons. The van der Waals surface area contributed by atoms with Crippen molar-refractivity contribution in [1.82, 2.24) is 4.57 Å². The monoisotopic (exact) mass is 571 g/mol. The molecule has 1 aliphatic heterocycles. The van der Waals surface area contributed by atoms with Crippen LogP contribution in [-0.4, -0.2) is 20.5 Å². The van der Waals surface area contributed by atoms with E-state index < -0.39 is 41.1 Å². The number of phenolic OH excluding ortho intramolecular Hbond substituents is 1. The van der Waals surface area contributed by atoms with E-state index in [0.717, 1.165) is 30.0 Å². The lowest BCUT2D eigenvalue weighted by atomic mass is 9.92. The molecule has 1 aromatic heterocycles. The minimum Gasteiger partial charge on any atom is -0.508 e. The average Bonchev–Trinajstić information content (AvgIpc) is 3.33. The molecule has 39 heavy (non-hydrogen) atoms. The zero-order chi connectivity index (χ0) is 27.9. The minimum atomic E-state index is -4.79. The molecule has 0 saturated carbocycles. The third-order valence-electron chi connectivity index (χ3n) is 6.57. The quantitative estimate of drug-likeness (QED) is 0.202. The standard InChI is InChI=1S/C29H21F4NO3S2/c1-16-20(14-21-22(29(31,32)33)11-6-12-23(21)30)27-34(26(36)25(16)17-7-5-8-18(35)13-17)24(15-38-27)28(37)39-19-9-3-2-4-10-19/h2-13,24,35H,14-15H2,1H3. The van der Waals surface area contributed by atoms with Crippen LogP contribution in [0.1, 0.15) is 28.3 Å². The predicted molar refractivity (Wildman–Crippen MR) is 144 cm³/mol. The van der Waals surface area contributed by atoms with Crippen molar-refractivity contribution in [2.75, 3.05) is 5.75 Å². The molecule has 5 rings (SSSR count). The second kappa shape index (κ2) is 10.6. The highest BCUT2D eigenvalue weighted by atomic mass is 32.2. The number of nitrogens with zero attached hydrogens (tertiary/aromatic N) is 1. The van der Waals surface area contributed by atoms with Crippen LogP contribution >= 0.6 is 23.5 Å². The van der Waals surface area contributed by atoms with Gasteiger partial charge < -0.3 is 5.11 Å². The molecule has 0 amide bonds. The number of hydrogen-bond acceptors (Lipinski definition) is 5. The zero-order valence-electron chi connectivity index (χ0n) is 20.5. The van der Waals surface area contributed by atoms with Gasteiger partial charge >= 0.3 is 6.18 Å². The van der Waals surface area contributed by atoms with E-state index in [1.807, 2.05) is 6.07 Å². The van der Waals surface area contributed by atoms with E-state index >= 15 is 0 Å². The van der Waals surface area contributed by atoms with E-state index in [1.165, 1.54) is 28.5 Å². The van der Waals surface area contributed by atoms with Crippen molar-refractivity contribution in [1.29, 1.82) is 0 Å². The molecule has 4 aromatic rings. The Labute approximate surface area is 229 Å². The van der Waals surface area contributed by atoms with Crippen LogP contribution in [0.3, 0.4) is 0 Å². The number of rotatable bonds is 5. The second-order valence-corrected chi connectivity index (χ2v) is 11.1. The molecule has 0 bridgehead atoms. The highest BCUT2D eigenvalue weighted by Crippen LogP contribution is 2.43. The Morgan fingerprint density at radius 2 is 1.77 bits per heavy atom. The Bertz CT molecular complexity index is 1630. The fourth-order valence-corrected chi connectivity index (χ4v) is 7.06. The molecule has 1 atom stereocenters. The molecule has 1 unspecified atom stereocenters. The van der Waals surface area contributed by atoms with Crippen LogP contribution < -0.4 is 5.56 Å². The van der Waals surface area contributed by atoms with Gasteiger partial charge in [-0.1, -0.05) is 36.4 Å². The minimum absolute atomic E-state index is 0.103. The SMILES string of the molecule is Cc1c(Cc2c(F)cccc2C(F)(F)F)c2n(c(=O)c1-c1cccc(O)c1)C(C(=O)Sc1ccccc1)CS2. The number of pyridine rings is 1. The number of aromatic hydroxyl groups is 1. The molecule has 0 spiro atoms. The van der Waals surface area contributed by atoms with Crippen molar-refractivity contribution in [3.8, 4) is 16.9 Å². The number of carbonyl (C=O) groups is 1. The van der Waals surface area contributed by atoms with Crippen molar-refractivity contribution in [2.24, 2.45) is 0 Å². The van der Waals surface area contributed by atoms with E-state index in [-0.39, 0.29) is 22.2 Å². The summed E-state index contributed by atoms with van der Waals surface area (Å²) in [7, 11) is 0. The van der Waals surface area contributed by atoms with Gasteiger partial charge in [-0.25, -0.2) is 4.39 Å². The average molecular weight is 572 g/mol. The number of fused-ring (bicyclic) bond motifs is 1. The molecular weight excluding hydrogens is 550 g/mol. The van der Waals surface area contributed by atoms with E-state index in [0.29, 0.717) is 26.6 Å². The van der Waals surface area contributed by atoms with E-state index in [9.17, 15) is 32.3 Å². The summed E-state index contributed by atoms with van der Waals surface area (Å²) in [6, 6.07) is 16.8. The highest BCUT2D eigenvalue weighted by molar-refractivity contribution is 8.13. The largest absolute Gasteiger partial charge is 0.508 e. The first kappa shape index (κ1) is 27.1. The number of halogens is 4. The van der Waals surface area contributed by atoms with Crippen LogP contribution in [0, 0.1) is 12.7 Å². The maximum Gasteiger partial charge on any atom is 0.416 e. The van der Waals surface area contributed by atoms with Gasteiger partial charge in [-0.05, 0) is 71.8 Å². The molecule has 4 nitrogen and oxygen atoms in total. The normalized spacial score (nSPS) is 14.8. The van der Waals surface area contributed by atoms with Gasteiger partial charge in [0.15, 0.2) is 0 Å². The van der Waals surface area contributed by atoms with Gasteiger partial charge in [0.25, 0.3) is 5.56 Å². The van der Waals surface area contributed by atoms with Crippen molar-refractivity contribution in [2.45, 2.75) is 35.5 Å². The highest BCUT2D eigenvalue weighted by Gasteiger charge is 2.38. The number of phenols is 1. The first-order chi connectivity index (χ1) is 18.6. The van der Waals surface area contributed by atoms with Crippen LogP contribution in [0.15, 0.2) is 87.5 Å². The number of aromatic nitrogens is 1. The topological polar surface area (TPSA) is 59.3 Å². The van der Waals surface area contributed by atoms with Crippen LogP contribution in [-0.2, 0) is 17.4 Å². The van der Waals surface area contributed by atoms with Crippen molar-refractivity contribution in [3.63, 3.8) is 0 Å². The van der Waals surface area contributed by atoms with Gasteiger partial charge in [-0.15, -0.1) is 11.8 Å². The van der Waals surface area contributed by atoms with Gasteiger partial charge in [-0.2, -0.15) is 13.2 Å². The summed E-state index contributed by atoms with van der Waals surface area (Å²) >= 11 is 2.17. The molecule has 0 saturated heterocycles. The number of alkyl halides is 3. The summed E-state index contributed by atoms with van der Waals surface area (Å²) in [6.07, 6.45) is -5.22. The van der Waals surface area contributed by atoms with Gasteiger partial charge in [0, 0.05) is 22.6 Å². The van der Waals surface area contributed by atoms with Crippen LogP contribution in [0.4, 0.5) is 17.6 Å². The summed E-state index contributed by atoms with van der Waals surface area (Å²) in [5, 5.41) is 10.1. The predicted octanol–water partition coefficient (Wildman–Crippen LogP) is 7.24. The second-order valence-electron chi connectivity index (χ2n) is 9.01. The van der Waals surface area contributed by atoms with Gasteiger partial charge in [0.1, 0.15) is 17.6 Å². The lowest BCUT2D eigenvalue weighted by Crippen LogP contribution is -2.30. The number of thioether (sulfide) groups is 2. The molecule has 1 N–H and O–H groups in total. The lowest BCUT2D eigenvalue weighted by molar-refractivity contribution is -0.138. The fraction of sp³-hybridized carbons (Fsp3) is 0.172. The fourth-order valence-electron chi connectivity index (χ4n) is 4.74. The first-order valence-electron chi connectivity index (χ1n) is 11.9. The first-order valence-corrected chi connectivity index (χ1v) is 13.7. The van der Waals surface area contributed by atoms with Gasteiger partial charge in [0.2, 0.25) is 5.12 Å². The maximum absolute atomic E-state index is 14.9. The molecule has 1 aliphatic rings. The number of carbonyl (C=O) groups excluding carboxylic acids is 1. The Balaban J connectivity index is 1.71.